The largest absolute Gasteiger partial charge is 0.481 e. The van der Waals surface area contributed by atoms with Crippen LogP contribution in [0.25, 0.3) is 0 Å². The Labute approximate surface area is 123 Å². The quantitative estimate of drug-likeness (QED) is 0.637. The van der Waals surface area contributed by atoms with Gasteiger partial charge in [-0.3, -0.25) is 14.6 Å². The molecule has 110 valence electrons. The van der Waals surface area contributed by atoms with E-state index in [0.29, 0.717) is 4.47 Å². The van der Waals surface area contributed by atoms with Gasteiger partial charge in [-0.25, -0.2) is 8.42 Å². The number of nitrogens with zero attached hydrogens (tertiary/aromatic N) is 1. The lowest BCUT2D eigenvalue weighted by atomic mass is 10.2. The number of aliphatic carboxylic acids is 2. The van der Waals surface area contributed by atoms with E-state index in [-0.39, 0.29) is 11.3 Å². The second-order valence-electron chi connectivity index (χ2n) is 3.78. The summed E-state index contributed by atoms with van der Waals surface area (Å²) in [5.41, 5.74) is 0. The zero-order chi connectivity index (χ0) is 15.3. The summed E-state index contributed by atoms with van der Waals surface area (Å²) in [6.45, 7) is 0. The third kappa shape index (κ3) is 4.87. The maximum absolute atomic E-state index is 12.0. The monoisotopic (exact) mass is 366 g/mol. The Kier molecular flexibility index (Phi) is 5.60. The number of halogens is 1. The van der Waals surface area contributed by atoms with Gasteiger partial charge in [0.05, 0.1) is 0 Å². The predicted octanol–water partition coefficient (Wildman–Crippen LogP) is 0.440. The van der Waals surface area contributed by atoms with Crippen LogP contribution in [0.4, 0.5) is 0 Å². The van der Waals surface area contributed by atoms with Crippen LogP contribution < -0.4 is 4.72 Å². The number of aromatic nitrogens is 1. The second-order valence-corrected chi connectivity index (χ2v) is 6.41. The van der Waals surface area contributed by atoms with Crippen molar-refractivity contribution in [1.82, 2.24) is 9.71 Å². The first-order chi connectivity index (χ1) is 9.22. The summed E-state index contributed by atoms with van der Waals surface area (Å²) in [5.74, 6) is -2.66. The summed E-state index contributed by atoms with van der Waals surface area (Å²) >= 11 is 3.05. The zero-order valence-electron chi connectivity index (χ0n) is 9.98. The molecule has 8 nitrogen and oxygen atoms in total. The van der Waals surface area contributed by atoms with E-state index in [2.05, 4.69) is 20.9 Å². The van der Waals surface area contributed by atoms with E-state index in [1.165, 1.54) is 12.3 Å². The summed E-state index contributed by atoms with van der Waals surface area (Å²) < 4.78 is 26.3. The number of sulfonamides is 1. The molecule has 1 rings (SSSR count). The number of nitrogens with one attached hydrogen (secondary N) is 1. The lowest BCUT2D eigenvalue weighted by Crippen LogP contribution is -2.41. The van der Waals surface area contributed by atoms with Crippen molar-refractivity contribution in [2.75, 3.05) is 0 Å². The number of pyridine rings is 1. The number of carboxylic acid groups (broad SMARTS) is 2. The molecule has 0 fully saturated rings. The molecule has 1 heterocycles. The van der Waals surface area contributed by atoms with Crippen molar-refractivity contribution in [3.63, 3.8) is 0 Å². The third-order valence-corrected chi connectivity index (χ3v) is 4.10. The minimum Gasteiger partial charge on any atom is -0.481 e. The van der Waals surface area contributed by atoms with Crippen LogP contribution in [-0.4, -0.2) is 41.6 Å². The van der Waals surface area contributed by atoms with Crippen molar-refractivity contribution < 1.29 is 28.2 Å². The molecule has 0 aliphatic heterocycles. The van der Waals surface area contributed by atoms with Crippen LogP contribution in [0.1, 0.15) is 12.8 Å². The van der Waals surface area contributed by atoms with Crippen molar-refractivity contribution in [1.29, 1.82) is 0 Å². The van der Waals surface area contributed by atoms with E-state index in [1.54, 1.807) is 0 Å². The molecule has 0 aromatic carbocycles. The molecule has 0 bridgehead atoms. The minimum atomic E-state index is -4.09. The Balaban J connectivity index is 2.91. The highest BCUT2D eigenvalue weighted by Gasteiger charge is 2.26. The van der Waals surface area contributed by atoms with Gasteiger partial charge in [-0.2, -0.15) is 4.72 Å². The predicted molar refractivity (Wildman–Crippen MR) is 70.6 cm³/mol. The van der Waals surface area contributed by atoms with Gasteiger partial charge in [0.25, 0.3) is 0 Å². The molecule has 0 spiro atoms. The minimum absolute atomic E-state index is 0.214. The average molecular weight is 367 g/mol. The van der Waals surface area contributed by atoms with E-state index < -0.39 is 34.4 Å². The first-order valence-electron chi connectivity index (χ1n) is 5.30. The Morgan fingerprint density at radius 1 is 1.35 bits per heavy atom. The fourth-order valence-electron chi connectivity index (χ4n) is 1.30. The number of carbonyl (C=O) groups is 2. The lowest BCUT2D eigenvalue weighted by molar-refractivity contribution is -0.140. The standard InChI is InChI=1S/C10H11BrN2O6S/c11-6-3-7(5-12-4-6)20(18,19)13-8(10(16)17)1-2-9(14)15/h3-5,8,13H,1-2H2,(H,14,15)(H,16,17). The van der Waals surface area contributed by atoms with Gasteiger partial charge in [-0.1, -0.05) is 0 Å². The van der Waals surface area contributed by atoms with Crippen LogP contribution in [0.3, 0.4) is 0 Å². The SMILES string of the molecule is O=C(O)CCC(NS(=O)(=O)c1cncc(Br)c1)C(=O)O. The first-order valence-corrected chi connectivity index (χ1v) is 7.57. The number of hydrogen-bond acceptors (Lipinski definition) is 5. The third-order valence-electron chi connectivity index (χ3n) is 2.23. The van der Waals surface area contributed by atoms with E-state index in [1.807, 2.05) is 4.72 Å². The average Bonchev–Trinajstić information content (AvgIpc) is 2.34. The smallest absolute Gasteiger partial charge is 0.321 e. The van der Waals surface area contributed by atoms with E-state index in [9.17, 15) is 18.0 Å². The highest BCUT2D eigenvalue weighted by molar-refractivity contribution is 9.10. The molecule has 1 unspecified atom stereocenters. The first kappa shape index (κ1) is 16.5. The highest BCUT2D eigenvalue weighted by Crippen LogP contribution is 2.15. The molecule has 0 aliphatic rings. The lowest BCUT2D eigenvalue weighted by Gasteiger charge is -2.13. The Morgan fingerprint density at radius 2 is 2.00 bits per heavy atom. The normalized spacial score (nSPS) is 12.8. The molecule has 0 radical (unpaired) electrons. The maximum atomic E-state index is 12.0. The Morgan fingerprint density at radius 3 is 2.50 bits per heavy atom. The summed E-state index contributed by atoms with van der Waals surface area (Å²) in [6, 6.07) is -0.263. The second kappa shape index (κ2) is 6.77. The summed E-state index contributed by atoms with van der Waals surface area (Å²) in [5, 5.41) is 17.4. The highest BCUT2D eigenvalue weighted by atomic mass is 79.9. The van der Waals surface area contributed by atoms with Gasteiger partial charge in [-0.15, -0.1) is 0 Å². The maximum Gasteiger partial charge on any atom is 0.321 e. The molecule has 1 atom stereocenters. The van der Waals surface area contributed by atoms with Crippen LogP contribution in [0.5, 0.6) is 0 Å². The van der Waals surface area contributed by atoms with Gasteiger partial charge < -0.3 is 10.2 Å². The van der Waals surface area contributed by atoms with Crippen molar-refractivity contribution in [3.8, 4) is 0 Å². The number of hydrogen-bond donors (Lipinski definition) is 3. The van der Waals surface area contributed by atoms with Crippen molar-refractivity contribution >= 4 is 37.9 Å². The van der Waals surface area contributed by atoms with Crippen LogP contribution in [0.2, 0.25) is 0 Å². The van der Waals surface area contributed by atoms with Gasteiger partial charge in [0.15, 0.2) is 0 Å². The molecule has 3 N–H and O–H groups in total. The zero-order valence-corrected chi connectivity index (χ0v) is 12.4. The molecule has 0 saturated carbocycles. The van der Waals surface area contributed by atoms with Crippen LogP contribution >= 0.6 is 15.9 Å². The van der Waals surface area contributed by atoms with Crippen molar-refractivity contribution in [3.05, 3.63) is 22.9 Å². The van der Waals surface area contributed by atoms with Gasteiger partial charge in [-0.05, 0) is 28.4 Å². The number of carboxylic acids is 2. The topological polar surface area (TPSA) is 134 Å². The molecule has 0 amide bonds. The van der Waals surface area contributed by atoms with Gasteiger partial charge in [0, 0.05) is 23.3 Å². The van der Waals surface area contributed by atoms with Gasteiger partial charge in [0.2, 0.25) is 10.0 Å². The molecule has 20 heavy (non-hydrogen) atoms. The van der Waals surface area contributed by atoms with Gasteiger partial charge in [0.1, 0.15) is 10.9 Å². The fourth-order valence-corrected chi connectivity index (χ4v) is 3.02. The molecule has 0 saturated heterocycles. The van der Waals surface area contributed by atoms with Crippen molar-refractivity contribution in [2.24, 2.45) is 0 Å². The Hall–Kier alpha value is -1.52. The van der Waals surface area contributed by atoms with E-state index >= 15 is 0 Å². The molecule has 10 heteroatoms. The Bertz CT molecular complexity index is 618. The summed E-state index contributed by atoms with van der Waals surface area (Å²) in [6.07, 6.45) is 1.61. The van der Waals surface area contributed by atoms with E-state index in [4.69, 9.17) is 10.2 Å². The van der Waals surface area contributed by atoms with Crippen molar-refractivity contribution in [2.45, 2.75) is 23.8 Å². The van der Waals surface area contributed by atoms with Crippen LogP contribution in [-0.2, 0) is 19.6 Å². The molecule has 0 aliphatic carbocycles. The molecule has 1 aromatic rings. The van der Waals surface area contributed by atoms with Gasteiger partial charge >= 0.3 is 11.9 Å². The van der Waals surface area contributed by atoms with Crippen LogP contribution in [0, 0.1) is 0 Å². The summed E-state index contributed by atoms with van der Waals surface area (Å²) in [7, 11) is -4.09. The number of rotatable bonds is 7. The molecule has 1 aromatic heterocycles. The molecular weight excluding hydrogens is 356 g/mol. The van der Waals surface area contributed by atoms with Crippen LogP contribution in [0.15, 0.2) is 27.8 Å². The summed E-state index contributed by atoms with van der Waals surface area (Å²) in [4.78, 5) is 24.8. The molecular formula is C10H11BrN2O6S. The fraction of sp³-hybridized carbons (Fsp3) is 0.300. The van der Waals surface area contributed by atoms with E-state index in [0.717, 1.165) is 6.20 Å².